The molecule has 0 atom stereocenters. The van der Waals surface area contributed by atoms with E-state index in [-0.39, 0.29) is 23.0 Å². The van der Waals surface area contributed by atoms with Crippen LogP contribution in [0.3, 0.4) is 0 Å². The highest BCUT2D eigenvalue weighted by molar-refractivity contribution is 6.04. The van der Waals surface area contributed by atoms with Gasteiger partial charge in [-0.05, 0) is 43.7 Å². The van der Waals surface area contributed by atoms with Crippen molar-refractivity contribution in [2.24, 2.45) is 0 Å². The average Bonchev–Trinajstić information content (AvgIpc) is 2.56. The summed E-state index contributed by atoms with van der Waals surface area (Å²) in [6, 6.07) is 8.49. The number of unbranched alkanes of at least 4 members (excludes halogenated alkanes) is 1. The number of anilines is 1. The predicted molar refractivity (Wildman–Crippen MR) is 87.2 cm³/mol. The lowest BCUT2D eigenvalue weighted by molar-refractivity contribution is 0.0981. The lowest BCUT2D eigenvalue weighted by Crippen LogP contribution is -2.33. The smallest absolute Gasteiger partial charge is 0.278 e. The molecule has 0 saturated carbocycles. The van der Waals surface area contributed by atoms with Crippen LogP contribution >= 0.6 is 0 Å². The zero-order chi connectivity index (χ0) is 16.8. The molecular formula is C17H20FN3O2. The number of halogens is 1. The van der Waals surface area contributed by atoms with E-state index in [0.29, 0.717) is 18.8 Å². The summed E-state index contributed by atoms with van der Waals surface area (Å²) in [5.41, 5.74) is 0.568. The van der Waals surface area contributed by atoms with Crippen molar-refractivity contribution in [3.8, 4) is 0 Å². The predicted octanol–water partition coefficient (Wildman–Crippen LogP) is 2.85. The minimum atomic E-state index is -0.358. The van der Waals surface area contributed by atoms with Crippen LogP contribution in [0.4, 0.5) is 10.1 Å². The Labute approximate surface area is 134 Å². The summed E-state index contributed by atoms with van der Waals surface area (Å²) in [5.74, 6) is -0.673. The summed E-state index contributed by atoms with van der Waals surface area (Å²) in [4.78, 5) is 25.9. The van der Waals surface area contributed by atoms with Crippen LogP contribution in [-0.4, -0.2) is 22.2 Å². The van der Waals surface area contributed by atoms with Crippen molar-refractivity contribution in [2.75, 3.05) is 11.4 Å². The second kappa shape index (κ2) is 7.67. The van der Waals surface area contributed by atoms with Crippen LogP contribution in [-0.2, 0) is 6.54 Å². The molecule has 1 heterocycles. The lowest BCUT2D eigenvalue weighted by atomic mass is 10.2. The maximum atomic E-state index is 13.0. The van der Waals surface area contributed by atoms with Crippen LogP contribution in [0.2, 0.25) is 0 Å². The second-order valence-corrected chi connectivity index (χ2v) is 5.16. The zero-order valence-corrected chi connectivity index (χ0v) is 13.3. The van der Waals surface area contributed by atoms with E-state index in [1.54, 1.807) is 12.1 Å². The summed E-state index contributed by atoms with van der Waals surface area (Å²) in [6.07, 6.45) is 1.75. The molecule has 0 aliphatic heterocycles. The third-order valence-corrected chi connectivity index (χ3v) is 3.51. The number of aryl methyl sites for hydroxylation is 1. The number of hydrogen-bond acceptors (Lipinski definition) is 3. The standard InChI is InChI=1S/C17H20FN3O2/c1-3-5-12-21-16(22)11-10-15(19-21)17(23)20(4-2)14-8-6-13(18)7-9-14/h6-11H,3-5,12H2,1-2H3. The fourth-order valence-corrected chi connectivity index (χ4v) is 2.23. The fourth-order valence-electron chi connectivity index (χ4n) is 2.23. The highest BCUT2D eigenvalue weighted by Crippen LogP contribution is 2.16. The number of carbonyl (C=O) groups is 1. The molecule has 0 saturated heterocycles. The van der Waals surface area contributed by atoms with Gasteiger partial charge in [0.2, 0.25) is 0 Å². The molecule has 2 rings (SSSR count). The molecular weight excluding hydrogens is 297 g/mol. The van der Waals surface area contributed by atoms with Crippen LogP contribution < -0.4 is 10.5 Å². The van der Waals surface area contributed by atoms with Crippen molar-refractivity contribution in [1.82, 2.24) is 9.78 Å². The third-order valence-electron chi connectivity index (χ3n) is 3.51. The molecule has 6 heteroatoms. The van der Waals surface area contributed by atoms with Gasteiger partial charge in [-0.2, -0.15) is 5.10 Å². The first-order valence-electron chi connectivity index (χ1n) is 7.72. The number of amides is 1. The summed E-state index contributed by atoms with van der Waals surface area (Å²) >= 11 is 0. The Morgan fingerprint density at radius 1 is 1.17 bits per heavy atom. The average molecular weight is 317 g/mol. The Kier molecular flexibility index (Phi) is 5.62. The first-order chi connectivity index (χ1) is 11.1. The third kappa shape index (κ3) is 4.03. The maximum absolute atomic E-state index is 13.0. The Morgan fingerprint density at radius 3 is 2.48 bits per heavy atom. The highest BCUT2D eigenvalue weighted by Gasteiger charge is 2.18. The van der Waals surface area contributed by atoms with Crippen molar-refractivity contribution >= 4 is 11.6 Å². The number of aromatic nitrogens is 2. The molecule has 0 spiro atoms. The van der Waals surface area contributed by atoms with E-state index in [2.05, 4.69) is 5.10 Å². The Morgan fingerprint density at radius 2 is 1.87 bits per heavy atom. The van der Waals surface area contributed by atoms with Gasteiger partial charge in [0.05, 0.1) is 0 Å². The molecule has 23 heavy (non-hydrogen) atoms. The molecule has 2 aromatic rings. The Bertz CT molecular complexity index is 725. The number of carbonyl (C=O) groups excluding carboxylic acids is 1. The molecule has 122 valence electrons. The van der Waals surface area contributed by atoms with Gasteiger partial charge in [0.15, 0.2) is 0 Å². The molecule has 0 bridgehead atoms. The first-order valence-corrected chi connectivity index (χ1v) is 7.72. The largest absolute Gasteiger partial charge is 0.307 e. The van der Waals surface area contributed by atoms with E-state index < -0.39 is 0 Å². The van der Waals surface area contributed by atoms with Gasteiger partial charge in [-0.25, -0.2) is 9.07 Å². The normalized spacial score (nSPS) is 10.6. The molecule has 1 amide bonds. The van der Waals surface area contributed by atoms with Crippen molar-refractivity contribution in [1.29, 1.82) is 0 Å². The number of benzene rings is 1. The topological polar surface area (TPSA) is 55.2 Å². The van der Waals surface area contributed by atoms with E-state index in [1.807, 2.05) is 13.8 Å². The van der Waals surface area contributed by atoms with Crippen LogP contribution in [0.25, 0.3) is 0 Å². The van der Waals surface area contributed by atoms with E-state index >= 15 is 0 Å². The van der Waals surface area contributed by atoms with Gasteiger partial charge >= 0.3 is 0 Å². The molecule has 1 aromatic heterocycles. The monoisotopic (exact) mass is 317 g/mol. The number of hydrogen-bond donors (Lipinski definition) is 0. The molecule has 0 fully saturated rings. The summed E-state index contributed by atoms with van der Waals surface area (Å²) in [6.45, 7) is 4.75. The number of nitrogens with zero attached hydrogens (tertiary/aromatic N) is 3. The Hall–Kier alpha value is -2.50. The van der Waals surface area contributed by atoms with Gasteiger partial charge in [0, 0.05) is 24.8 Å². The molecule has 0 N–H and O–H groups in total. The molecule has 0 radical (unpaired) electrons. The van der Waals surface area contributed by atoms with Gasteiger partial charge in [-0.15, -0.1) is 0 Å². The van der Waals surface area contributed by atoms with Gasteiger partial charge < -0.3 is 4.90 Å². The molecule has 1 aromatic carbocycles. The van der Waals surface area contributed by atoms with Gasteiger partial charge in [-0.1, -0.05) is 13.3 Å². The van der Waals surface area contributed by atoms with Crippen LogP contribution in [0.1, 0.15) is 37.2 Å². The van der Waals surface area contributed by atoms with Crippen molar-refractivity contribution in [3.05, 3.63) is 58.3 Å². The second-order valence-electron chi connectivity index (χ2n) is 5.16. The van der Waals surface area contributed by atoms with Gasteiger partial charge in [-0.3, -0.25) is 9.59 Å². The summed E-state index contributed by atoms with van der Waals surface area (Å²) in [7, 11) is 0. The zero-order valence-electron chi connectivity index (χ0n) is 13.3. The lowest BCUT2D eigenvalue weighted by Gasteiger charge is -2.20. The summed E-state index contributed by atoms with van der Waals surface area (Å²) in [5, 5.41) is 4.16. The SMILES string of the molecule is CCCCn1nc(C(=O)N(CC)c2ccc(F)cc2)ccc1=O. The summed E-state index contributed by atoms with van der Waals surface area (Å²) < 4.78 is 14.4. The van der Waals surface area contributed by atoms with E-state index in [1.165, 1.54) is 33.8 Å². The minimum absolute atomic E-state index is 0.201. The Balaban J connectivity index is 2.30. The van der Waals surface area contributed by atoms with Crippen LogP contribution in [0.5, 0.6) is 0 Å². The molecule has 0 unspecified atom stereocenters. The fraction of sp³-hybridized carbons (Fsp3) is 0.353. The quantitative estimate of drug-likeness (QED) is 0.823. The van der Waals surface area contributed by atoms with Crippen molar-refractivity contribution in [2.45, 2.75) is 33.2 Å². The van der Waals surface area contributed by atoms with E-state index in [0.717, 1.165) is 12.8 Å². The van der Waals surface area contributed by atoms with Gasteiger partial charge in [0.25, 0.3) is 11.5 Å². The van der Waals surface area contributed by atoms with Crippen molar-refractivity contribution < 1.29 is 9.18 Å². The minimum Gasteiger partial charge on any atom is -0.307 e. The van der Waals surface area contributed by atoms with Crippen LogP contribution in [0.15, 0.2) is 41.2 Å². The van der Waals surface area contributed by atoms with Crippen molar-refractivity contribution in [3.63, 3.8) is 0 Å². The maximum Gasteiger partial charge on any atom is 0.278 e. The van der Waals surface area contributed by atoms with Crippen LogP contribution in [0, 0.1) is 5.82 Å². The highest BCUT2D eigenvalue weighted by atomic mass is 19.1. The van der Waals surface area contributed by atoms with Gasteiger partial charge in [0.1, 0.15) is 11.5 Å². The number of rotatable bonds is 6. The first kappa shape index (κ1) is 16.9. The molecule has 0 aliphatic rings. The molecule has 0 aliphatic carbocycles. The van der Waals surface area contributed by atoms with E-state index in [4.69, 9.17) is 0 Å². The molecule has 5 nitrogen and oxygen atoms in total. The van der Waals surface area contributed by atoms with E-state index in [9.17, 15) is 14.0 Å².